The first-order valence-corrected chi connectivity index (χ1v) is 6.38. The molecule has 0 aromatic rings. The normalized spacial score (nSPS) is 19.8. The average Bonchev–Trinajstić information content (AvgIpc) is 2.36. The number of ether oxygens (including phenoxy) is 1. The zero-order valence-corrected chi connectivity index (χ0v) is 10.9. The fraction of sp³-hybridized carbons (Fsp3) is 0.769. The van der Waals surface area contributed by atoms with Gasteiger partial charge in [-0.25, -0.2) is 0 Å². The molecule has 0 aromatic carbocycles. The van der Waals surface area contributed by atoms with Gasteiger partial charge in [0.2, 0.25) is 5.91 Å². The molecule has 2 unspecified atom stereocenters. The van der Waals surface area contributed by atoms with Crippen molar-refractivity contribution in [1.29, 1.82) is 0 Å². The molecule has 1 fully saturated rings. The SMILES string of the molecule is C=CCCC(C)NC(C)C(=O)N1CCOCC1. The minimum atomic E-state index is -0.118. The highest BCUT2D eigenvalue weighted by Crippen LogP contribution is 2.03. The third-order valence-electron chi connectivity index (χ3n) is 3.03. The predicted molar refractivity (Wildman–Crippen MR) is 68.9 cm³/mol. The molecule has 1 aliphatic heterocycles. The molecule has 0 aliphatic carbocycles. The zero-order chi connectivity index (χ0) is 12.7. The van der Waals surface area contributed by atoms with Crippen LogP contribution in [0, 0.1) is 0 Å². The van der Waals surface area contributed by atoms with E-state index >= 15 is 0 Å². The Labute approximate surface area is 104 Å². The van der Waals surface area contributed by atoms with Gasteiger partial charge in [-0.2, -0.15) is 0 Å². The van der Waals surface area contributed by atoms with Crippen LogP contribution in [-0.4, -0.2) is 49.2 Å². The molecule has 0 bridgehead atoms. The van der Waals surface area contributed by atoms with Crippen LogP contribution in [-0.2, 0) is 9.53 Å². The maximum atomic E-state index is 12.1. The fourth-order valence-corrected chi connectivity index (χ4v) is 2.01. The summed E-state index contributed by atoms with van der Waals surface area (Å²) in [6.07, 6.45) is 3.91. The Morgan fingerprint density at radius 2 is 2.12 bits per heavy atom. The van der Waals surface area contributed by atoms with Crippen LogP contribution < -0.4 is 5.32 Å². The molecule has 98 valence electrons. The smallest absolute Gasteiger partial charge is 0.239 e. The highest BCUT2D eigenvalue weighted by molar-refractivity contribution is 5.81. The number of carbonyl (C=O) groups excluding carboxylic acids is 1. The lowest BCUT2D eigenvalue weighted by atomic mass is 10.1. The molecule has 0 aromatic heterocycles. The van der Waals surface area contributed by atoms with E-state index in [0.29, 0.717) is 32.3 Å². The largest absolute Gasteiger partial charge is 0.378 e. The number of hydrogen-bond acceptors (Lipinski definition) is 3. The van der Waals surface area contributed by atoms with E-state index in [2.05, 4.69) is 18.8 Å². The molecule has 1 rings (SSSR count). The van der Waals surface area contributed by atoms with E-state index in [1.54, 1.807) is 0 Å². The van der Waals surface area contributed by atoms with E-state index in [0.717, 1.165) is 12.8 Å². The third kappa shape index (κ3) is 4.88. The first-order chi connectivity index (χ1) is 8.15. The van der Waals surface area contributed by atoms with Crippen LogP contribution in [0.5, 0.6) is 0 Å². The second kappa shape index (κ2) is 7.45. The second-order valence-corrected chi connectivity index (χ2v) is 4.59. The molecule has 1 amide bonds. The van der Waals surface area contributed by atoms with Crippen molar-refractivity contribution < 1.29 is 9.53 Å². The van der Waals surface area contributed by atoms with Crippen LogP contribution in [0.4, 0.5) is 0 Å². The van der Waals surface area contributed by atoms with E-state index in [1.807, 2.05) is 17.9 Å². The van der Waals surface area contributed by atoms with E-state index in [1.165, 1.54) is 0 Å². The summed E-state index contributed by atoms with van der Waals surface area (Å²) in [7, 11) is 0. The van der Waals surface area contributed by atoms with Crippen molar-refractivity contribution in [3.8, 4) is 0 Å². The second-order valence-electron chi connectivity index (χ2n) is 4.59. The van der Waals surface area contributed by atoms with Crippen LogP contribution in [0.25, 0.3) is 0 Å². The van der Waals surface area contributed by atoms with Gasteiger partial charge in [0.1, 0.15) is 0 Å². The molecule has 1 N–H and O–H groups in total. The summed E-state index contributed by atoms with van der Waals surface area (Å²) in [5.74, 6) is 0.179. The monoisotopic (exact) mass is 240 g/mol. The Bertz CT molecular complexity index is 250. The number of rotatable bonds is 6. The predicted octanol–water partition coefficient (Wildman–Crippen LogP) is 1.18. The summed E-state index contributed by atoms with van der Waals surface area (Å²) >= 11 is 0. The number of amides is 1. The number of carbonyl (C=O) groups is 1. The van der Waals surface area contributed by atoms with Crippen molar-refractivity contribution >= 4 is 5.91 Å². The Kier molecular flexibility index (Phi) is 6.22. The highest BCUT2D eigenvalue weighted by atomic mass is 16.5. The van der Waals surface area contributed by atoms with Gasteiger partial charge in [0.25, 0.3) is 0 Å². The van der Waals surface area contributed by atoms with Crippen molar-refractivity contribution in [2.24, 2.45) is 0 Å². The van der Waals surface area contributed by atoms with Crippen molar-refractivity contribution in [3.05, 3.63) is 12.7 Å². The van der Waals surface area contributed by atoms with Gasteiger partial charge in [0, 0.05) is 19.1 Å². The molecule has 4 heteroatoms. The minimum absolute atomic E-state index is 0.118. The quantitative estimate of drug-likeness (QED) is 0.709. The lowest BCUT2D eigenvalue weighted by molar-refractivity contribution is -0.137. The molecule has 1 heterocycles. The number of morpholine rings is 1. The minimum Gasteiger partial charge on any atom is -0.378 e. The number of hydrogen-bond donors (Lipinski definition) is 1. The van der Waals surface area contributed by atoms with Crippen LogP contribution in [0.3, 0.4) is 0 Å². The van der Waals surface area contributed by atoms with Crippen molar-refractivity contribution in [2.45, 2.75) is 38.8 Å². The Balaban J connectivity index is 2.32. The van der Waals surface area contributed by atoms with Gasteiger partial charge in [-0.15, -0.1) is 6.58 Å². The average molecular weight is 240 g/mol. The van der Waals surface area contributed by atoms with E-state index < -0.39 is 0 Å². The fourth-order valence-electron chi connectivity index (χ4n) is 2.01. The maximum absolute atomic E-state index is 12.1. The van der Waals surface area contributed by atoms with Gasteiger partial charge in [0.05, 0.1) is 19.3 Å². The van der Waals surface area contributed by atoms with E-state index in [9.17, 15) is 4.79 Å². The van der Waals surface area contributed by atoms with Crippen LogP contribution in [0.15, 0.2) is 12.7 Å². The zero-order valence-electron chi connectivity index (χ0n) is 10.9. The third-order valence-corrected chi connectivity index (χ3v) is 3.03. The molecular weight excluding hydrogens is 216 g/mol. The number of nitrogens with zero attached hydrogens (tertiary/aromatic N) is 1. The van der Waals surface area contributed by atoms with Crippen LogP contribution in [0.1, 0.15) is 26.7 Å². The van der Waals surface area contributed by atoms with Crippen molar-refractivity contribution in [3.63, 3.8) is 0 Å². The molecule has 1 aliphatic rings. The van der Waals surface area contributed by atoms with Gasteiger partial charge in [0.15, 0.2) is 0 Å². The van der Waals surface area contributed by atoms with Gasteiger partial charge >= 0.3 is 0 Å². The summed E-state index contributed by atoms with van der Waals surface area (Å²) in [6, 6.07) is 0.223. The van der Waals surface area contributed by atoms with Gasteiger partial charge in [-0.1, -0.05) is 6.08 Å². The number of nitrogens with one attached hydrogen (secondary N) is 1. The summed E-state index contributed by atoms with van der Waals surface area (Å²) < 4.78 is 5.24. The Morgan fingerprint density at radius 3 is 2.71 bits per heavy atom. The molecule has 17 heavy (non-hydrogen) atoms. The van der Waals surface area contributed by atoms with Crippen molar-refractivity contribution in [1.82, 2.24) is 10.2 Å². The maximum Gasteiger partial charge on any atom is 0.239 e. The van der Waals surface area contributed by atoms with E-state index in [-0.39, 0.29) is 11.9 Å². The lowest BCUT2D eigenvalue weighted by Crippen LogP contribution is -2.50. The summed E-state index contributed by atoms with van der Waals surface area (Å²) in [5, 5.41) is 3.33. The van der Waals surface area contributed by atoms with Crippen molar-refractivity contribution in [2.75, 3.05) is 26.3 Å². The summed E-state index contributed by atoms with van der Waals surface area (Å²) in [4.78, 5) is 14.0. The van der Waals surface area contributed by atoms with Crippen LogP contribution in [0.2, 0.25) is 0 Å². The molecular formula is C13H24N2O2. The molecule has 0 radical (unpaired) electrons. The first kappa shape index (κ1) is 14.2. The summed E-state index contributed by atoms with van der Waals surface area (Å²) in [6.45, 7) is 10.5. The molecule has 4 nitrogen and oxygen atoms in total. The molecule has 0 spiro atoms. The topological polar surface area (TPSA) is 41.6 Å². The van der Waals surface area contributed by atoms with E-state index in [4.69, 9.17) is 4.74 Å². The summed E-state index contributed by atoms with van der Waals surface area (Å²) in [5.41, 5.74) is 0. The molecule has 0 saturated carbocycles. The van der Waals surface area contributed by atoms with Gasteiger partial charge in [-0.3, -0.25) is 4.79 Å². The first-order valence-electron chi connectivity index (χ1n) is 6.38. The van der Waals surface area contributed by atoms with Gasteiger partial charge < -0.3 is 15.0 Å². The Morgan fingerprint density at radius 1 is 1.47 bits per heavy atom. The van der Waals surface area contributed by atoms with Gasteiger partial charge in [-0.05, 0) is 26.7 Å². The Hall–Kier alpha value is -0.870. The van der Waals surface area contributed by atoms with Crippen LogP contribution >= 0.6 is 0 Å². The number of allylic oxidation sites excluding steroid dienone is 1. The molecule has 1 saturated heterocycles. The lowest BCUT2D eigenvalue weighted by Gasteiger charge is -2.30. The highest BCUT2D eigenvalue weighted by Gasteiger charge is 2.22. The standard InChI is InChI=1S/C13H24N2O2/c1-4-5-6-11(2)14-12(3)13(16)15-7-9-17-10-8-15/h4,11-12,14H,1,5-10H2,2-3H3. The molecule has 2 atom stereocenters.